The van der Waals surface area contributed by atoms with Crippen LogP contribution in [0.15, 0.2) is 29.3 Å². The molecule has 0 bridgehead atoms. The van der Waals surface area contributed by atoms with E-state index in [9.17, 15) is 14.3 Å². The quantitative estimate of drug-likeness (QED) is 0.766. The molecule has 8 heteroatoms. The molecule has 0 fully saturated rings. The number of fused-ring (bicyclic) bond motifs is 1. The number of rotatable bonds is 4. The van der Waals surface area contributed by atoms with Gasteiger partial charge >= 0.3 is 5.69 Å². The Balaban J connectivity index is 2.29. The molecule has 3 aromatic rings. The lowest BCUT2D eigenvalue weighted by molar-refractivity contribution is 0.150. The summed E-state index contributed by atoms with van der Waals surface area (Å²) in [5.74, 6) is -0.469. The summed E-state index contributed by atoms with van der Waals surface area (Å²) in [5.41, 5.74) is 1.27. The molecule has 1 unspecified atom stereocenters. The first-order valence-corrected chi connectivity index (χ1v) is 7.46. The molecular weight excluding hydrogens is 323 g/mol. The van der Waals surface area contributed by atoms with Crippen molar-refractivity contribution in [1.82, 2.24) is 19.5 Å². The molecule has 120 valence electrons. The predicted molar refractivity (Wildman–Crippen MR) is 84.9 cm³/mol. The fraction of sp³-hybridized carbons (Fsp3) is 0.267. The van der Waals surface area contributed by atoms with E-state index in [0.29, 0.717) is 28.8 Å². The Hall–Kier alpha value is -2.25. The van der Waals surface area contributed by atoms with Crippen LogP contribution in [0.4, 0.5) is 4.39 Å². The van der Waals surface area contributed by atoms with Gasteiger partial charge in [0.15, 0.2) is 5.65 Å². The topological polar surface area (TPSA) is 83.8 Å². The molecule has 3 rings (SSSR count). The normalized spacial score (nSPS) is 12.7. The van der Waals surface area contributed by atoms with Crippen LogP contribution in [0.1, 0.15) is 13.3 Å². The van der Waals surface area contributed by atoms with Gasteiger partial charge in [-0.3, -0.25) is 14.5 Å². The maximum atomic E-state index is 13.1. The average Bonchev–Trinajstić information content (AvgIpc) is 2.84. The number of pyridine rings is 2. The van der Waals surface area contributed by atoms with Crippen LogP contribution in [0.3, 0.4) is 0 Å². The van der Waals surface area contributed by atoms with Gasteiger partial charge in [-0.15, -0.1) is 0 Å². The second kappa shape index (κ2) is 6.10. The monoisotopic (exact) mass is 336 g/mol. The van der Waals surface area contributed by atoms with Crippen LogP contribution in [-0.2, 0) is 6.54 Å². The number of aliphatic hydroxyl groups is 1. The molecule has 1 atom stereocenters. The lowest BCUT2D eigenvalue weighted by Crippen LogP contribution is -2.24. The molecule has 3 heterocycles. The number of aromatic amines is 1. The third-order valence-corrected chi connectivity index (χ3v) is 3.88. The molecule has 0 aliphatic heterocycles. The van der Waals surface area contributed by atoms with Gasteiger partial charge in [0.25, 0.3) is 0 Å². The highest BCUT2D eigenvalue weighted by molar-refractivity contribution is 6.34. The Morgan fingerprint density at radius 1 is 1.39 bits per heavy atom. The van der Waals surface area contributed by atoms with Crippen molar-refractivity contribution in [2.24, 2.45) is 0 Å². The maximum absolute atomic E-state index is 13.1. The van der Waals surface area contributed by atoms with Crippen LogP contribution in [0.5, 0.6) is 0 Å². The minimum atomic E-state index is -0.681. The van der Waals surface area contributed by atoms with E-state index in [-0.39, 0.29) is 11.6 Å². The Kier molecular flexibility index (Phi) is 4.14. The number of H-pyrrole nitrogens is 1. The van der Waals surface area contributed by atoms with E-state index in [1.165, 1.54) is 22.9 Å². The van der Waals surface area contributed by atoms with Gasteiger partial charge < -0.3 is 5.11 Å². The molecule has 0 amide bonds. The fourth-order valence-corrected chi connectivity index (χ4v) is 2.62. The highest BCUT2D eigenvalue weighted by atomic mass is 35.5. The molecule has 0 radical (unpaired) electrons. The van der Waals surface area contributed by atoms with Crippen molar-refractivity contribution in [3.63, 3.8) is 0 Å². The Morgan fingerprint density at radius 2 is 2.17 bits per heavy atom. The van der Waals surface area contributed by atoms with Crippen LogP contribution in [0.25, 0.3) is 22.4 Å². The average molecular weight is 337 g/mol. The van der Waals surface area contributed by atoms with E-state index in [2.05, 4.69) is 15.0 Å². The molecule has 23 heavy (non-hydrogen) atoms. The minimum absolute atomic E-state index is 0.103. The van der Waals surface area contributed by atoms with Crippen molar-refractivity contribution >= 4 is 22.8 Å². The molecule has 0 saturated carbocycles. The predicted octanol–water partition coefficient (Wildman–Crippen LogP) is 2.35. The first kappa shape index (κ1) is 15.6. The number of hydrogen-bond donors (Lipinski definition) is 2. The van der Waals surface area contributed by atoms with Crippen LogP contribution in [0.2, 0.25) is 5.02 Å². The van der Waals surface area contributed by atoms with Crippen LogP contribution in [-0.4, -0.2) is 30.7 Å². The third-order valence-electron chi connectivity index (χ3n) is 3.60. The van der Waals surface area contributed by atoms with Gasteiger partial charge in [0, 0.05) is 11.8 Å². The van der Waals surface area contributed by atoms with Gasteiger partial charge in [-0.25, -0.2) is 14.2 Å². The molecule has 0 aliphatic carbocycles. The van der Waals surface area contributed by atoms with Gasteiger partial charge in [0.05, 0.1) is 35.1 Å². The summed E-state index contributed by atoms with van der Waals surface area (Å²) in [7, 11) is 0. The summed E-state index contributed by atoms with van der Waals surface area (Å²) < 4.78 is 14.5. The smallest absolute Gasteiger partial charge is 0.327 e. The molecule has 0 spiro atoms. The molecule has 0 aliphatic rings. The molecule has 6 nitrogen and oxygen atoms in total. The Labute approximate surface area is 135 Å². The summed E-state index contributed by atoms with van der Waals surface area (Å²) in [6, 6.07) is 2.75. The van der Waals surface area contributed by atoms with Crippen molar-refractivity contribution in [2.45, 2.75) is 26.0 Å². The Morgan fingerprint density at radius 3 is 2.83 bits per heavy atom. The lowest BCUT2D eigenvalue weighted by atomic mass is 10.1. The summed E-state index contributed by atoms with van der Waals surface area (Å²) in [6.07, 6.45) is 2.30. The fourth-order valence-electron chi connectivity index (χ4n) is 2.38. The van der Waals surface area contributed by atoms with Crippen LogP contribution >= 0.6 is 11.6 Å². The molecule has 2 N–H and O–H groups in total. The van der Waals surface area contributed by atoms with E-state index >= 15 is 0 Å². The number of halogens is 2. The van der Waals surface area contributed by atoms with E-state index < -0.39 is 17.6 Å². The standard InChI is InChI=1S/C15H14ClFN4O2/c1-2-9(22)7-21-13-12(11-4-3-8(17)5-18-11)10(16)6-19-14(13)20-15(21)23/h3-6,9,22H,2,7H2,1H3,(H,19,20,23). The Bertz CT molecular complexity index is 904. The van der Waals surface area contributed by atoms with Crippen molar-refractivity contribution in [1.29, 1.82) is 0 Å². The first-order chi connectivity index (χ1) is 11.0. The van der Waals surface area contributed by atoms with Crippen LogP contribution in [0, 0.1) is 5.82 Å². The molecular formula is C15H14ClFN4O2. The minimum Gasteiger partial charge on any atom is -0.391 e. The molecule has 0 aromatic carbocycles. The van der Waals surface area contributed by atoms with E-state index in [4.69, 9.17) is 11.6 Å². The van der Waals surface area contributed by atoms with Crippen LogP contribution < -0.4 is 5.69 Å². The summed E-state index contributed by atoms with van der Waals surface area (Å²) in [4.78, 5) is 22.9. The van der Waals surface area contributed by atoms with Gasteiger partial charge in [0.2, 0.25) is 0 Å². The number of hydrogen-bond acceptors (Lipinski definition) is 4. The number of nitrogens with zero attached hydrogens (tertiary/aromatic N) is 3. The molecule has 0 saturated heterocycles. The van der Waals surface area contributed by atoms with Gasteiger partial charge in [0.1, 0.15) is 5.82 Å². The third kappa shape index (κ3) is 2.85. The van der Waals surface area contributed by atoms with Crippen molar-refractivity contribution in [2.75, 3.05) is 0 Å². The zero-order chi connectivity index (χ0) is 16.6. The summed E-state index contributed by atoms with van der Waals surface area (Å²) in [6.45, 7) is 1.92. The van der Waals surface area contributed by atoms with Gasteiger partial charge in [-0.1, -0.05) is 18.5 Å². The second-order valence-electron chi connectivity index (χ2n) is 5.14. The number of aliphatic hydroxyl groups excluding tert-OH is 1. The highest BCUT2D eigenvalue weighted by Gasteiger charge is 2.19. The first-order valence-electron chi connectivity index (χ1n) is 7.08. The number of imidazole rings is 1. The largest absolute Gasteiger partial charge is 0.391 e. The summed E-state index contributed by atoms with van der Waals surface area (Å²) in [5, 5.41) is 10.2. The van der Waals surface area contributed by atoms with Crippen molar-refractivity contribution < 1.29 is 9.50 Å². The van der Waals surface area contributed by atoms with E-state index in [1.807, 2.05) is 6.92 Å². The second-order valence-corrected chi connectivity index (χ2v) is 5.55. The van der Waals surface area contributed by atoms with Gasteiger partial charge in [-0.2, -0.15) is 0 Å². The summed E-state index contributed by atoms with van der Waals surface area (Å²) >= 11 is 6.24. The van der Waals surface area contributed by atoms with Crippen molar-refractivity contribution in [3.05, 3.63) is 45.9 Å². The SMILES string of the molecule is CCC(O)Cn1c(=O)[nH]c2ncc(Cl)c(-c3ccc(F)cn3)c21. The zero-order valence-corrected chi connectivity index (χ0v) is 13.0. The van der Waals surface area contributed by atoms with Crippen molar-refractivity contribution in [3.8, 4) is 11.3 Å². The highest BCUT2D eigenvalue weighted by Crippen LogP contribution is 2.32. The molecule has 3 aromatic heterocycles. The number of nitrogens with one attached hydrogen (secondary N) is 1. The van der Waals surface area contributed by atoms with E-state index in [1.54, 1.807) is 0 Å². The van der Waals surface area contributed by atoms with E-state index in [0.717, 1.165) is 6.20 Å². The number of aromatic nitrogens is 4. The lowest BCUT2D eigenvalue weighted by Gasteiger charge is -2.12. The van der Waals surface area contributed by atoms with Gasteiger partial charge in [-0.05, 0) is 18.6 Å². The zero-order valence-electron chi connectivity index (χ0n) is 12.3. The maximum Gasteiger partial charge on any atom is 0.327 e.